The number of hydrogen-bond acceptors (Lipinski definition) is 3. The fourth-order valence-corrected chi connectivity index (χ4v) is 4.15. The van der Waals surface area contributed by atoms with Crippen molar-refractivity contribution in [3.63, 3.8) is 0 Å². The zero-order valence-electron chi connectivity index (χ0n) is 13.7. The highest BCUT2D eigenvalue weighted by molar-refractivity contribution is 5.99. The van der Waals surface area contributed by atoms with E-state index in [1.165, 1.54) is 6.92 Å². The number of carbonyl (C=O) groups excluding carboxylic acids is 2. The van der Waals surface area contributed by atoms with Crippen molar-refractivity contribution < 1.29 is 35.8 Å². The maximum absolute atomic E-state index is 12.8. The van der Waals surface area contributed by atoms with E-state index >= 15 is 0 Å². The molecule has 126 valence electrons. The number of ether oxygens (including phenoxy) is 1. The third-order valence-electron chi connectivity index (χ3n) is 5.54. The number of esters is 1. The van der Waals surface area contributed by atoms with Gasteiger partial charge in [0.15, 0.2) is 12.1 Å². The highest BCUT2D eigenvalue weighted by atomic mass is 79.9. The van der Waals surface area contributed by atoms with E-state index in [2.05, 4.69) is 0 Å². The van der Waals surface area contributed by atoms with Crippen molar-refractivity contribution >= 4 is 11.8 Å². The van der Waals surface area contributed by atoms with Crippen LogP contribution in [0.4, 0.5) is 0 Å². The van der Waals surface area contributed by atoms with Gasteiger partial charge < -0.3 is 26.2 Å². The SMILES string of the molecule is CC(=O)OC1C[N+]2(C(C)C(=O)c3ccccc3)CCC1CC2.[Br-]. The van der Waals surface area contributed by atoms with Crippen LogP contribution in [-0.4, -0.2) is 48.0 Å². The van der Waals surface area contributed by atoms with Crippen molar-refractivity contribution in [2.75, 3.05) is 19.6 Å². The summed E-state index contributed by atoms with van der Waals surface area (Å²) in [5.74, 6) is 0.462. The maximum Gasteiger partial charge on any atom is 0.303 e. The van der Waals surface area contributed by atoms with Gasteiger partial charge in [0.25, 0.3) is 0 Å². The van der Waals surface area contributed by atoms with Gasteiger partial charge in [-0.25, -0.2) is 0 Å². The average molecular weight is 382 g/mol. The van der Waals surface area contributed by atoms with E-state index in [9.17, 15) is 9.59 Å². The second-order valence-electron chi connectivity index (χ2n) is 6.74. The number of piperidine rings is 3. The summed E-state index contributed by atoms with van der Waals surface area (Å²) in [6.45, 7) is 6.32. The first kappa shape index (κ1) is 18.1. The number of ketones is 1. The van der Waals surface area contributed by atoms with E-state index in [1.807, 2.05) is 37.3 Å². The van der Waals surface area contributed by atoms with E-state index in [0.29, 0.717) is 5.92 Å². The molecule has 3 aliphatic rings. The molecule has 0 amide bonds. The quantitative estimate of drug-likeness (QED) is 0.398. The molecule has 23 heavy (non-hydrogen) atoms. The Kier molecular flexibility index (Phi) is 5.63. The van der Waals surface area contributed by atoms with E-state index in [4.69, 9.17) is 4.74 Å². The van der Waals surface area contributed by atoms with E-state index in [0.717, 1.165) is 42.5 Å². The number of rotatable bonds is 4. The van der Waals surface area contributed by atoms with Crippen molar-refractivity contribution in [2.24, 2.45) is 5.92 Å². The van der Waals surface area contributed by atoms with Gasteiger partial charge in [0.05, 0.1) is 13.1 Å². The normalized spacial score (nSPS) is 30.2. The number of fused-ring (bicyclic) bond motifs is 3. The molecule has 0 saturated carbocycles. The Morgan fingerprint density at radius 1 is 1.17 bits per heavy atom. The van der Waals surface area contributed by atoms with E-state index < -0.39 is 0 Å². The zero-order chi connectivity index (χ0) is 15.7. The molecule has 0 spiro atoms. The minimum Gasteiger partial charge on any atom is -1.00 e. The summed E-state index contributed by atoms with van der Waals surface area (Å²) in [6.07, 6.45) is 2.07. The average Bonchev–Trinajstić information content (AvgIpc) is 2.55. The molecule has 2 atom stereocenters. The van der Waals surface area contributed by atoms with Gasteiger partial charge >= 0.3 is 5.97 Å². The van der Waals surface area contributed by atoms with Crippen LogP contribution < -0.4 is 17.0 Å². The van der Waals surface area contributed by atoms with Gasteiger partial charge in [-0.2, -0.15) is 0 Å². The van der Waals surface area contributed by atoms with Crippen LogP contribution in [0.1, 0.15) is 37.0 Å². The molecule has 3 aliphatic heterocycles. The molecular weight excluding hydrogens is 358 g/mol. The number of hydrogen-bond donors (Lipinski definition) is 0. The molecule has 0 aromatic heterocycles. The first-order chi connectivity index (χ1) is 10.5. The maximum atomic E-state index is 12.8. The van der Waals surface area contributed by atoms with Crippen LogP contribution in [0.3, 0.4) is 0 Å². The lowest BCUT2D eigenvalue weighted by molar-refractivity contribution is -0.957. The van der Waals surface area contributed by atoms with Crippen LogP contribution in [0.5, 0.6) is 0 Å². The van der Waals surface area contributed by atoms with Crippen LogP contribution in [-0.2, 0) is 9.53 Å². The molecule has 3 fully saturated rings. The molecule has 2 unspecified atom stereocenters. The summed E-state index contributed by atoms with van der Waals surface area (Å²) in [6, 6.07) is 9.43. The van der Waals surface area contributed by atoms with Gasteiger partial charge in [-0.1, -0.05) is 30.3 Å². The summed E-state index contributed by atoms with van der Waals surface area (Å²) in [7, 11) is 0. The van der Waals surface area contributed by atoms with Crippen molar-refractivity contribution in [1.82, 2.24) is 0 Å². The molecule has 2 bridgehead atoms. The van der Waals surface area contributed by atoms with Gasteiger partial charge in [-0.15, -0.1) is 0 Å². The van der Waals surface area contributed by atoms with Crippen LogP contribution in [0, 0.1) is 5.92 Å². The lowest BCUT2D eigenvalue weighted by atomic mass is 9.81. The van der Waals surface area contributed by atoms with Crippen molar-refractivity contribution in [3.05, 3.63) is 35.9 Å². The Morgan fingerprint density at radius 3 is 2.35 bits per heavy atom. The van der Waals surface area contributed by atoms with Gasteiger partial charge in [-0.3, -0.25) is 9.59 Å². The number of nitrogens with zero attached hydrogens (tertiary/aromatic N) is 1. The van der Waals surface area contributed by atoms with Crippen molar-refractivity contribution in [2.45, 2.75) is 38.8 Å². The number of quaternary nitrogens is 1. The molecule has 0 N–H and O–H groups in total. The lowest BCUT2D eigenvalue weighted by Crippen LogP contribution is -3.00. The number of carbonyl (C=O) groups is 2. The third-order valence-corrected chi connectivity index (χ3v) is 5.54. The molecule has 4 nitrogen and oxygen atoms in total. The van der Waals surface area contributed by atoms with Gasteiger partial charge in [0, 0.05) is 31.2 Å². The lowest BCUT2D eigenvalue weighted by Gasteiger charge is -2.54. The Balaban J connectivity index is 0.00000192. The Bertz CT molecular complexity index is 567. The molecule has 1 aromatic rings. The predicted octanol–water partition coefficient (Wildman–Crippen LogP) is -0.566. The van der Waals surface area contributed by atoms with Gasteiger partial charge in [-0.05, 0) is 6.92 Å². The van der Waals surface area contributed by atoms with Crippen LogP contribution in [0.25, 0.3) is 0 Å². The third kappa shape index (κ3) is 3.50. The predicted molar refractivity (Wildman–Crippen MR) is 83.4 cm³/mol. The van der Waals surface area contributed by atoms with Crippen LogP contribution >= 0.6 is 0 Å². The molecule has 5 heteroatoms. The highest BCUT2D eigenvalue weighted by Crippen LogP contribution is 2.38. The highest BCUT2D eigenvalue weighted by Gasteiger charge is 2.51. The number of benzene rings is 1. The standard InChI is InChI=1S/C18H24NO3.BrH/c1-13(18(21)16-6-4-3-5-7-16)19-10-8-15(9-11-19)17(12-19)22-14(2)20;/h3-7,13,15,17H,8-12H2,1-2H3;1H/q+1;/p-1. The minimum atomic E-state index is -0.209. The summed E-state index contributed by atoms with van der Waals surface area (Å²) in [5, 5.41) is 0. The zero-order valence-corrected chi connectivity index (χ0v) is 15.3. The summed E-state index contributed by atoms with van der Waals surface area (Å²) >= 11 is 0. The fourth-order valence-electron chi connectivity index (χ4n) is 4.15. The first-order valence-corrected chi connectivity index (χ1v) is 8.14. The fraction of sp³-hybridized carbons (Fsp3) is 0.556. The second kappa shape index (κ2) is 7.14. The molecular formula is C18H24BrNO3. The summed E-state index contributed by atoms with van der Waals surface area (Å²) in [5.41, 5.74) is 0.777. The monoisotopic (exact) mass is 381 g/mol. The van der Waals surface area contributed by atoms with E-state index in [-0.39, 0.29) is 40.9 Å². The Hall–Kier alpha value is -1.20. The second-order valence-corrected chi connectivity index (χ2v) is 6.74. The van der Waals surface area contributed by atoms with E-state index in [1.54, 1.807) is 0 Å². The topological polar surface area (TPSA) is 43.4 Å². The smallest absolute Gasteiger partial charge is 0.303 e. The Morgan fingerprint density at radius 2 is 1.78 bits per heavy atom. The van der Waals surface area contributed by atoms with Crippen molar-refractivity contribution in [3.8, 4) is 0 Å². The minimum absolute atomic E-state index is 0. The summed E-state index contributed by atoms with van der Waals surface area (Å²) < 4.78 is 6.29. The molecule has 0 radical (unpaired) electrons. The molecule has 4 rings (SSSR count). The number of Topliss-reactive ketones (excluding diaryl/α,β-unsaturated/α-hetero) is 1. The van der Waals surface area contributed by atoms with Gasteiger partial charge in [0.2, 0.25) is 5.78 Å². The van der Waals surface area contributed by atoms with Crippen molar-refractivity contribution in [1.29, 1.82) is 0 Å². The van der Waals surface area contributed by atoms with Crippen LogP contribution in [0.2, 0.25) is 0 Å². The molecule has 0 aliphatic carbocycles. The number of halogens is 1. The summed E-state index contributed by atoms with van der Waals surface area (Å²) in [4.78, 5) is 24.2. The molecule has 3 saturated heterocycles. The Labute approximate surface area is 148 Å². The largest absolute Gasteiger partial charge is 1.00 e. The first-order valence-electron chi connectivity index (χ1n) is 8.14. The van der Waals surface area contributed by atoms with Crippen LogP contribution in [0.15, 0.2) is 30.3 Å². The molecule has 1 aromatic carbocycles. The van der Waals surface area contributed by atoms with Gasteiger partial charge in [0.1, 0.15) is 6.54 Å². The molecule has 3 heterocycles.